The van der Waals surface area contributed by atoms with E-state index < -0.39 is 0 Å². The molecular formula is C12H12Cl2N2O. The monoisotopic (exact) mass is 270 g/mol. The maximum Gasteiger partial charge on any atom is 0.0848 e. The summed E-state index contributed by atoms with van der Waals surface area (Å²) in [5, 5.41) is 14.5. The summed E-state index contributed by atoms with van der Waals surface area (Å²) in [6, 6.07) is 5.36. The predicted molar refractivity (Wildman–Crippen MR) is 69.0 cm³/mol. The molecule has 90 valence electrons. The first-order valence-corrected chi connectivity index (χ1v) is 5.91. The topological polar surface area (TPSA) is 38.0 Å². The van der Waals surface area contributed by atoms with Crippen LogP contribution >= 0.6 is 23.2 Å². The minimum atomic E-state index is -0.0299. The van der Waals surface area contributed by atoms with Gasteiger partial charge in [0.2, 0.25) is 0 Å². The molecule has 0 aliphatic carbocycles. The van der Waals surface area contributed by atoms with Crippen LogP contribution in [0.2, 0.25) is 10.0 Å². The molecule has 0 unspecified atom stereocenters. The van der Waals surface area contributed by atoms with Gasteiger partial charge in [-0.2, -0.15) is 5.10 Å². The molecule has 0 saturated heterocycles. The number of halogens is 2. The molecule has 1 N–H and O–H groups in total. The first-order chi connectivity index (χ1) is 8.04. The lowest BCUT2D eigenvalue weighted by molar-refractivity contribution is 0.282. The van der Waals surface area contributed by atoms with Gasteiger partial charge in [0.15, 0.2) is 0 Å². The summed E-state index contributed by atoms with van der Waals surface area (Å²) in [7, 11) is 0. The van der Waals surface area contributed by atoms with E-state index in [-0.39, 0.29) is 6.61 Å². The van der Waals surface area contributed by atoms with Crippen LogP contribution in [0.1, 0.15) is 17.0 Å². The first kappa shape index (κ1) is 12.4. The second-order valence-electron chi connectivity index (χ2n) is 3.84. The van der Waals surface area contributed by atoms with E-state index in [9.17, 15) is 0 Å². The zero-order valence-corrected chi connectivity index (χ0v) is 11.0. The zero-order valence-electron chi connectivity index (χ0n) is 9.54. The van der Waals surface area contributed by atoms with Crippen molar-refractivity contribution in [1.82, 2.24) is 9.78 Å². The van der Waals surface area contributed by atoms with Gasteiger partial charge in [-0.25, -0.2) is 4.68 Å². The van der Waals surface area contributed by atoms with Gasteiger partial charge < -0.3 is 5.11 Å². The third-order valence-electron chi connectivity index (χ3n) is 2.63. The second kappa shape index (κ2) is 4.69. The molecule has 5 heteroatoms. The molecule has 0 aliphatic heterocycles. The summed E-state index contributed by atoms with van der Waals surface area (Å²) in [5.74, 6) is 0. The Kier molecular flexibility index (Phi) is 3.43. The van der Waals surface area contributed by atoms with Crippen LogP contribution in [0.3, 0.4) is 0 Å². The Hall–Kier alpha value is -1.03. The third-order valence-corrected chi connectivity index (χ3v) is 3.48. The molecule has 0 atom stereocenters. The average Bonchev–Trinajstić information content (AvgIpc) is 2.57. The van der Waals surface area contributed by atoms with Crippen molar-refractivity contribution in [3.63, 3.8) is 0 Å². The normalized spacial score (nSPS) is 10.9. The maximum atomic E-state index is 9.02. The van der Waals surface area contributed by atoms with Crippen LogP contribution in [0.25, 0.3) is 5.69 Å². The molecule has 0 saturated carbocycles. The fraction of sp³-hybridized carbons (Fsp3) is 0.250. The van der Waals surface area contributed by atoms with E-state index in [4.69, 9.17) is 28.3 Å². The lowest BCUT2D eigenvalue weighted by Crippen LogP contribution is -2.00. The Morgan fingerprint density at radius 2 is 2.00 bits per heavy atom. The van der Waals surface area contributed by atoms with Crippen molar-refractivity contribution in [3.8, 4) is 5.69 Å². The van der Waals surface area contributed by atoms with Crippen molar-refractivity contribution in [2.24, 2.45) is 0 Å². The average molecular weight is 271 g/mol. The quantitative estimate of drug-likeness (QED) is 0.910. The van der Waals surface area contributed by atoms with E-state index in [0.29, 0.717) is 10.0 Å². The molecule has 1 aromatic heterocycles. The van der Waals surface area contributed by atoms with Gasteiger partial charge in [-0.1, -0.05) is 29.3 Å². The van der Waals surface area contributed by atoms with Crippen molar-refractivity contribution in [1.29, 1.82) is 0 Å². The molecule has 0 fully saturated rings. The zero-order chi connectivity index (χ0) is 12.6. The number of hydrogen-bond acceptors (Lipinski definition) is 2. The highest BCUT2D eigenvalue weighted by Crippen LogP contribution is 2.27. The number of rotatable bonds is 2. The van der Waals surface area contributed by atoms with Gasteiger partial charge >= 0.3 is 0 Å². The molecule has 1 aromatic carbocycles. The van der Waals surface area contributed by atoms with Gasteiger partial charge in [-0.05, 0) is 31.5 Å². The lowest BCUT2D eigenvalue weighted by atomic mass is 10.2. The SMILES string of the molecule is Cc1nn(-c2ccc(CO)cc2Cl)c(C)c1Cl. The summed E-state index contributed by atoms with van der Waals surface area (Å²) >= 11 is 12.3. The molecule has 1 heterocycles. The molecule has 0 bridgehead atoms. The molecule has 0 aliphatic rings. The van der Waals surface area contributed by atoms with Gasteiger partial charge in [0.05, 0.1) is 33.7 Å². The van der Waals surface area contributed by atoms with Crippen LogP contribution in [-0.2, 0) is 6.61 Å². The van der Waals surface area contributed by atoms with Gasteiger partial charge in [-0.15, -0.1) is 0 Å². The largest absolute Gasteiger partial charge is 0.392 e. The Morgan fingerprint density at radius 1 is 1.29 bits per heavy atom. The van der Waals surface area contributed by atoms with E-state index in [1.807, 2.05) is 26.0 Å². The number of nitrogens with zero attached hydrogens (tertiary/aromatic N) is 2. The fourth-order valence-corrected chi connectivity index (χ4v) is 2.08. The van der Waals surface area contributed by atoms with E-state index in [1.54, 1.807) is 10.7 Å². The summed E-state index contributed by atoms with van der Waals surface area (Å²) in [6.45, 7) is 3.71. The van der Waals surface area contributed by atoms with E-state index in [2.05, 4.69) is 5.10 Å². The lowest BCUT2D eigenvalue weighted by Gasteiger charge is -2.08. The standard InChI is InChI=1S/C12H12Cl2N2O/c1-7-12(14)8(2)16(15-7)11-4-3-9(6-17)5-10(11)13/h3-5,17H,6H2,1-2H3. The number of hydrogen-bond donors (Lipinski definition) is 1. The van der Waals surface area contributed by atoms with E-state index in [1.165, 1.54) is 0 Å². The summed E-state index contributed by atoms with van der Waals surface area (Å²) in [4.78, 5) is 0. The van der Waals surface area contributed by atoms with E-state index in [0.717, 1.165) is 22.6 Å². The number of aliphatic hydroxyl groups excluding tert-OH is 1. The highest BCUT2D eigenvalue weighted by atomic mass is 35.5. The first-order valence-electron chi connectivity index (χ1n) is 5.16. The molecule has 2 aromatic rings. The predicted octanol–water partition coefficient (Wildman–Crippen LogP) is 3.29. The van der Waals surface area contributed by atoms with Gasteiger partial charge in [0.25, 0.3) is 0 Å². The summed E-state index contributed by atoms with van der Waals surface area (Å²) in [5.41, 5.74) is 3.15. The highest BCUT2D eigenvalue weighted by molar-refractivity contribution is 6.33. The van der Waals surface area contributed by atoms with Crippen molar-refractivity contribution in [3.05, 3.63) is 45.2 Å². The van der Waals surface area contributed by atoms with Crippen LogP contribution in [0.4, 0.5) is 0 Å². The smallest absolute Gasteiger partial charge is 0.0848 e. The van der Waals surface area contributed by atoms with Crippen LogP contribution in [0, 0.1) is 13.8 Å². The van der Waals surface area contributed by atoms with Crippen molar-refractivity contribution >= 4 is 23.2 Å². The molecule has 0 spiro atoms. The Morgan fingerprint density at radius 3 is 2.47 bits per heavy atom. The maximum absolute atomic E-state index is 9.02. The van der Waals surface area contributed by atoms with Crippen molar-refractivity contribution in [2.45, 2.75) is 20.5 Å². The number of aliphatic hydroxyl groups is 1. The number of benzene rings is 1. The molecule has 2 rings (SSSR count). The van der Waals surface area contributed by atoms with Crippen molar-refractivity contribution in [2.75, 3.05) is 0 Å². The molecular weight excluding hydrogens is 259 g/mol. The van der Waals surface area contributed by atoms with Crippen LogP contribution < -0.4 is 0 Å². The second-order valence-corrected chi connectivity index (χ2v) is 4.63. The van der Waals surface area contributed by atoms with E-state index >= 15 is 0 Å². The van der Waals surface area contributed by atoms with Gasteiger partial charge in [-0.3, -0.25) is 0 Å². The Bertz CT molecular complexity index is 564. The molecule has 3 nitrogen and oxygen atoms in total. The Labute approximate surface area is 110 Å². The van der Waals surface area contributed by atoms with Crippen LogP contribution in [0.5, 0.6) is 0 Å². The molecule has 17 heavy (non-hydrogen) atoms. The minimum absolute atomic E-state index is 0.0299. The highest BCUT2D eigenvalue weighted by Gasteiger charge is 2.13. The fourth-order valence-electron chi connectivity index (χ4n) is 1.68. The third kappa shape index (κ3) is 2.18. The van der Waals surface area contributed by atoms with Gasteiger partial charge in [0, 0.05) is 0 Å². The molecule has 0 amide bonds. The minimum Gasteiger partial charge on any atom is -0.392 e. The van der Waals surface area contributed by atoms with Gasteiger partial charge in [0.1, 0.15) is 0 Å². The summed E-state index contributed by atoms with van der Waals surface area (Å²) < 4.78 is 1.71. The number of aromatic nitrogens is 2. The van der Waals surface area contributed by atoms with Crippen LogP contribution in [0.15, 0.2) is 18.2 Å². The summed E-state index contributed by atoms with van der Waals surface area (Å²) in [6.07, 6.45) is 0. The number of aryl methyl sites for hydroxylation is 1. The van der Waals surface area contributed by atoms with Crippen LogP contribution in [-0.4, -0.2) is 14.9 Å². The molecule has 0 radical (unpaired) electrons. The van der Waals surface area contributed by atoms with Crippen molar-refractivity contribution < 1.29 is 5.11 Å². The Balaban J connectivity index is 2.57.